The maximum Gasteiger partial charge on any atom is 0.309 e. The molecule has 8 fully saturated rings. The number of oxime groups is 1. The summed E-state index contributed by atoms with van der Waals surface area (Å²) in [5.74, 6) is 1.45. The van der Waals surface area contributed by atoms with Gasteiger partial charge in [0, 0.05) is 43.3 Å². The quantitative estimate of drug-likeness (QED) is 0.165. The highest BCUT2D eigenvalue weighted by Gasteiger charge is 2.74. The van der Waals surface area contributed by atoms with Crippen LogP contribution in [0.2, 0.25) is 0 Å². The number of piperidine rings is 1. The predicted molar refractivity (Wildman–Crippen MR) is 236 cm³/mol. The molecule has 1 saturated heterocycles. The molecule has 0 aromatic carbocycles. The van der Waals surface area contributed by atoms with Gasteiger partial charge in [0.1, 0.15) is 12.7 Å². The first-order chi connectivity index (χ1) is 28.4. The lowest BCUT2D eigenvalue weighted by Gasteiger charge is -2.73. The number of ether oxygens (including phenoxy) is 1. The number of carbonyl (C=O) groups excluding carboxylic acids is 3. The van der Waals surface area contributed by atoms with Crippen molar-refractivity contribution in [2.24, 2.45) is 84.0 Å². The van der Waals surface area contributed by atoms with Crippen molar-refractivity contribution in [2.45, 2.75) is 191 Å². The zero-order chi connectivity index (χ0) is 44.3. The number of amides is 2. The molecule has 2 N–H and O–H groups in total. The van der Waals surface area contributed by atoms with Crippen LogP contribution in [0.15, 0.2) is 5.16 Å². The van der Waals surface area contributed by atoms with Gasteiger partial charge in [-0.25, -0.2) is 0 Å². The van der Waals surface area contributed by atoms with Gasteiger partial charge >= 0.3 is 11.9 Å². The summed E-state index contributed by atoms with van der Waals surface area (Å²) in [7, 11) is 0. The second-order valence-corrected chi connectivity index (χ2v) is 24.9. The Hall–Kier alpha value is -2.65. The Bertz CT molecular complexity index is 1810. The normalized spacial score (nSPS) is 42.9. The fourth-order valence-electron chi connectivity index (χ4n) is 16.5. The summed E-state index contributed by atoms with van der Waals surface area (Å²) < 4.78 is 6.23. The summed E-state index contributed by atoms with van der Waals surface area (Å²) in [4.78, 5) is 61.5. The third-order valence-corrected chi connectivity index (χ3v) is 21.0. The lowest BCUT2D eigenvalue weighted by molar-refractivity contribution is -0.251. The minimum Gasteiger partial charge on any atom is -0.481 e. The van der Waals surface area contributed by atoms with Gasteiger partial charge in [-0.15, -0.1) is 0 Å². The van der Waals surface area contributed by atoms with Crippen LogP contribution >= 0.6 is 0 Å². The van der Waals surface area contributed by atoms with E-state index in [1.54, 1.807) is 13.8 Å². The first-order valence-electron chi connectivity index (χ1n) is 24.6. The predicted octanol–water partition coefficient (Wildman–Crippen LogP) is 9.83. The van der Waals surface area contributed by atoms with Gasteiger partial charge < -0.3 is 24.9 Å². The summed E-state index contributed by atoms with van der Waals surface area (Å²) in [6.45, 7) is 26.5. The van der Waals surface area contributed by atoms with Crippen LogP contribution in [0.4, 0.5) is 0 Å². The molecule has 2 unspecified atom stereocenters. The second kappa shape index (κ2) is 15.0. The Balaban J connectivity index is 0.990. The maximum atomic E-state index is 15.3. The number of fused-ring (bicyclic) bond motifs is 7. The number of rotatable bonds is 10. The Labute approximate surface area is 367 Å². The van der Waals surface area contributed by atoms with E-state index in [9.17, 15) is 19.5 Å². The Kier molecular flexibility index (Phi) is 11.0. The highest BCUT2D eigenvalue weighted by Crippen LogP contribution is 2.79. The third kappa shape index (κ3) is 6.83. The fraction of sp³-hybridized carbons (Fsp3) is 0.902. The summed E-state index contributed by atoms with van der Waals surface area (Å²) >= 11 is 0. The van der Waals surface area contributed by atoms with Crippen molar-refractivity contribution in [2.75, 3.05) is 19.7 Å². The van der Waals surface area contributed by atoms with Gasteiger partial charge in [-0.05, 0) is 161 Å². The molecule has 7 aliphatic carbocycles. The zero-order valence-corrected chi connectivity index (χ0v) is 39.8. The Morgan fingerprint density at radius 1 is 0.787 bits per heavy atom. The number of hydrogen-bond acceptors (Lipinski definition) is 7. The molecular formula is C51H81N3O7. The molecule has 8 aliphatic rings. The molecule has 10 heteroatoms. The molecule has 1 heterocycles. The van der Waals surface area contributed by atoms with Gasteiger partial charge in [0.15, 0.2) is 0 Å². The van der Waals surface area contributed by atoms with Crippen LogP contribution in [0.25, 0.3) is 0 Å². The van der Waals surface area contributed by atoms with E-state index in [1.807, 2.05) is 11.8 Å². The Morgan fingerprint density at radius 3 is 2.10 bits per heavy atom. The molecule has 1 aliphatic heterocycles. The van der Waals surface area contributed by atoms with Crippen LogP contribution in [0.3, 0.4) is 0 Å². The van der Waals surface area contributed by atoms with Gasteiger partial charge in [0.05, 0.1) is 23.0 Å². The molecule has 61 heavy (non-hydrogen) atoms. The summed E-state index contributed by atoms with van der Waals surface area (Å²) in [6, 6.07) is -0.00221. The van der Waals surface area contributed by atoms with E-state index in [2.05, 4.69) is 65.9 Å². The van der Waals surface area contributed by atoms with Crippen molar-refractivity contribution in [3.8, 4) is 0 Å². The molecule has 342 valence electrons. The average Bonchev–Trinajstić information content (AvgIpc) is 3.80. The topological polar surface area (TPSA) is 135 Å². The maximum absolute atomic E-state index is 15.3. The number of carbonyl (C=O) groups is 4. The number of nitrogens with one attached hydrogen (secondary N) is 1. The van der Waals surface area contributed by atoms with Crippen molar-refractivity contribution in [1.29, 1.82) is 0 Å². The molecule has 7 saturated carbocycles. The van der Waals surface area contributed by atoms with Crippen LogP contribution in [-0.2, 0) is 28.8 Å². The molecule has 0 radical (unpaired) electrons. The van der Waals surface area contributed by atoms with Gasteiger partial charge in [0.2, 0.25) is 11.8 Å². The minimum atomic E-state index is -1.16. The largest absolute Gasteiger partial charge is 0.481 e. The number of esters is 1. The van der Waals surface area contributed by atoms with Crippen LogP contribution in [0.1, 0.15) is 179 Å². The van der Waals surface area contributed by atoms with E-state index in [1.165, 1.54) is 25.7 Å². The van der Waals surface area contributed by atoms with Crippen molar-refractivity contribution in [3.05, 3.63) is 0 Å². The number of nitrogens with zero attached hydrogens (tertiary/aromatic N) is 2. The molecule has 0 spiro atoms. The number of hydrogen-bond donors (Lipinski definition) is 2. The third-order valence-electron chi connectivity index (χ3n) is 21.0. The summed E-state index contributed by atoms with van der Waals surface area (Å²) in [5, 5.41) is 17.6. The van der Waals surface area contributed by atoms with Gasteiger partial charge in [-0.1, -0.05) is 60.5 Å². The number of carboxylic acids is 1. The highest BCUT2D eigenvalue weighted by atomic mass is 16.6. The summed E-state index contributed by atoms with van der Waals surface area (Å²) in [6.07, 6.45) is 15.0. The number of likely N-dealkylation sites (tertiary alicyclic amines) is 1. The van der Waals surface area contributed by atoms with E-state index >= 15 is 4.79 Å². The zero-order valence-electron chi connectivity index (χ0n) is 39.8. The van der Waals surface area contributed by atoms with E-state index < -0.39 is 17.4 Å². The van der Waals surface area contributed by atoms with Crippen molar-refractivity contribution in [1.82, 2.24) is 10.2 Å². The highest BCUT2D eigenvalue weighted by molar-refractivity contribution is 5.89. The van der Waals surface area contributed by atoms with Gasteiger partial charge in [0.25, 0.3) is 0 Å². The Morgan fingerprint density at radius 2 is 1.48 bits per heavy atom. The molecule has 2 amide bonds. The van der Waals surface area contributed by atoms with Crippen molar-refractivity contribution < 1.29 is 33.9 Å². The molecule has 0 aromatic heterocycles. The standard InChI is InChI=1S/C51H81N3O7/c1-12-60-53-31-18-27-54(28-19-31)41(56)34-29-37(45(34,4)5)52-42(57)51-22-15-32(47(8)23-24-47)40(51)33-13-14-36-48(9)20-17-38(61-39(55)30-44(2,3)43(58)59)46(6,7)35(48)16-21-50(36,11)49(33,10)25-26-51/h32-38,40H,12-30H2,1-11H3,(H,52,57)(H,58,59)/t32?,33-,34-,35+,36-,37?,38+,40-,48+,49-,50-,51+/m1/s1. The fourth-order valence-corrected chi connectivity index (χ4v) is 16.5. The SMILES string of the molecule is CCON=C1CCN(C(=O)[C@H]2CC(NC(=O)[C@]34CCC(C5(C)CC5)[C@@H]3[C@H]3CC[C@@H]5[C@@]6(C)CC[C@H](OC(=O)CC(C)(C)C(=O)O)C(C)(C)[C@@H]6CC[C@@]5(C)[C@]3(C)CC4)C2(C)C)CC1. The van der Waals surface area contributed by atoms with Crippen molar-refractivity contribution in [3.63, 3.8) is 0 Å². The molecular weight excluding hydrogens is 767 g/mol. The smallest absolute Gasteiger partial charge is 0.309 e. The first-order valence-corrected chi connectivity index (χ1v) is 24.6. The summed E-state index contributed by atoms with van der Waals surface area (Å²) in [5.41, 5.74) is -0.296. The average molecular weight is 848 g/mol. The van der Waals surface area contributed by atoms with E-state index in [4.69, 9.17) is 9.57 Å². The molecule has 12 atom stereocenters. The molecule has 0 aromatic rings. The monoisotopic (exact) mass is 848 g/mol. The van der Waals surface area contributed by atoms with E-state index in [0.717, 1.165) is 69.9 Å². The minimum absolute atomic E-state index is 0.00221. The van der Waals surface area contributed by atoms with Gasteiger partial charge in [-0.3, -0.25) is 19.2 Å². The van der Waals surface area contributed by atoms with Crippen LogP contribution in [0, 0.1) is 78.8 Å². The molecule has 0 bridgehead atoms. The molecule has 10 nitrogen and oxygen atoms in total. The number of carboxylic acid groups (broad SMARTS) is 1. The molecule has 8 rings (SSSR count). The first kappa shape index (κ1) is 44.9. The van der Waals surface area contributed by atoms with Crippen LogP contribution in [0.5, 0.6) is 0 Å². The van der Waals surface area contributed by atoms with Crippen LogP contribution in [-0.4, -0.2) is 71.3 Å². The lowest BCUT2D eigenvalue weighted by Crippen LogP contribution is -2.69. The van der Waals surface area contributed by atoms with E-state index in [-0.39, 0.29) is 68.8 Å². The second-order valence-electron chi connectivity index (χ2n) is 24.9. The lowest BCUT2D eigenvalue weighted by atomic mass is 9.32. The van der Waals surface area contributed by atoms with Gasteiger partial charge in [-0.2, -0.15) is 0 Å². The van der Waals surface area contributed by atoms with E-state index in [0.29, 0.717) is 61.1 Å². The number of aliphatic carboxylic acids is 1. The van der Waals surface area contributed by atoms with Crippen LogP contribution < -0.4 is 5.32 Å². The van der Waals surface area contributed by atoms with Crippen molar-refractivity contribution >= 4 is 29.5 Å².